The van der Waals surface area contributed by atoms with Gasteiger partial charge >= 0.3 is 5.97 Å². The zero-order valence-electron chi connectivity index (χ0n) is 13.6. The number of carboxylic acids is 1. The lowest BCUT2D eigenvalue weighted by atomic mass is 10.0. The molecular formula is C17H22N2O4. The van der Waals surface area contributed by atoms with Crippen LogP contribution in [-0.2, 0) is 9.59 Å². The van der Waals surface area contributed by atoms with Gasteiger partial charge in [-0.25, -0.2) is 0 Å². The minimum atomic E-state index is -1.28. The van der Waals surface area contributed by atoms with Gasteiger partial charge in [0.15, 0.2) is 0 Å². The predicted molar refractivity (Wildman–Crippen MR) is 86.3 cm³/mol. The van der Waals surface area contributed by atoms with Crippen molar-refractivity contribution in [2.45, 2.75) is 33.6 Å². The third kappa shape index (κ3) is 3.70. The van der Waals surface area contributed by atoms with E-state index in [4.69, 9.17) is 5.11 Å². The number of anilines is 1. The maximum atomic E-state index is 12.1. The highest BCUT2D eigenvalue weighted by Crippen LogP contribution is 2.46. The summed E-state index contributed by atoms with van der Waals surface area (Å²) in [5, 5.41) is 14.6. The molecule has 124 valence electrons. The summed E-state index contributed by atoms with van der Waals surface area (Å²) in [6.45, 7) is 6.40. The zero-order chi connectivity index (χ0) is 17.2. The van der Waals surface area contributed by atoms with Gasteiger partial charge in [-0.2, -0.15) is 0 Å². The molecule has 6 heteroatoms. The first-order valence-electron chi connectivity index (χ1n) is 7.70. The number of benzene rings is 1. The van der Waals surface area contributed by atoms with E-state index in [0.29, 0.717) is 36.6 Å². The summed E-state index contributed by atoms with van der Waals surface area (Å²) in [5.74, 6) is -1.38. The molecule has 1 aliphatic rings. The van der Waals surface area contributed by atoms with E-state index in [9.17, 15) is 14.4 Å². The molecule has 2 amide bonds. The molecule has 0 radical (unpaired) electrons. The number of carboxylic acid groups (broad SMARTS) is 1. The first-order chi connectivity index (χ1) is 10.8. The molecule has 0 bridgehead atoms. The van der Waals surface area contributed by atoms with Crippen LogP contribution in [0.3, 0.4) is 0 Å². The van der Waals surface area contributed by atoms with Crippen LogP contribution >= 0.6 is 0 Å². The van der Waals surface area contributed by atoms with Crippen molar-refractivity contribution in [3.8, 4) is 0 Å². The Morgan fingerprint density at radius 1 is 1.26 bits per heavy atom. The Labute approximate surface area is 135 Å². The van der Waals surface area contributed by atoms with Crippen LogP contribution < -0.4 is 10.6 Å². The molecule has 1 fully saturated rings. The number of aliphatic carboxylic acids is 1. The van der Waals surface area contributed by atoms with E-state index in [0.717, 1.165) is 5.56 Å². The zero-order valence-corrected chi connectivity index (χ0v) is 13.6. The Hall–Kier alpha value is -2.37. The largest absolute Gasteiger partial charge is 0.480 e. The third-order valence-corrected chi connectivity index (χ3v) is 4.00. The lowest BCUT2D eigenvalue weighted by Gasteiger charge is -2.14. The number of aryl methyl sites for hydroxylation is 1. The van der Waals surface area contributed by atoms with E-state index >= 15 is 0 Å². The molecule has 0 saturated heterocycles. The second-order valence-corrected chi connectivity index (χ2v) is 6.47. The van der Waals surface area contributed by atoms with Crippen molar-refractivity contribution < 1.29 is 19.5 Å². The second kappa shape index (κ2) is 6.40. The van der Waals surface area contributed by atoms with E-state index in [1.807, 2.05) is 13.8 Å². The summed E-state index contributed by atoms with van der Waals surface area (Å²) < 4.78 is 0. The van der Waals surface area contributed by atoms with E-state index in [2.05, 4.69) is 10.6 Å². The minimum Gasteiger partial charge on any atom is -0.480 e. The van der Waals surface area contributed by atoms with Crippen molar-refractivity contribution in [2.75, 3.05) is 11.9 Å². The fourth-order valence-electron chi connectivity index (χ4n) is 2.25. The summed E-state index contributed by atoms with van der Waals surface area (Å²) in [4.78, 5) is 35.3. The van der Waals surface area contributed by atoms with Gasteiger partial charge in [0, 0.05) is 17.8 Å². The van der Waals surface area contributed by atoms with Gasteiger partial charge < -0.3 is 15.7 Å². The molecule has 0 aliphatic heterocycles. The van der Waals surface area contributed by atoms with Crippen LogP contribution in [0.15, 0.2) is 18.2 Å². The first kappa shape index (κ1) is 17.0. The van der Waals surface area contributed by atoms with Crippen molar-refractivity contribution in [1.82, 2.24) is 5.32 Å². The number of carbonyl (C=O) groups excluding carboxylic acids is 2. The van der Waals surface area contributed by atoms with E-state index in [1.54, 1.807) is 25.1 Å². The van der Waals surface area contributed by atoms with Crippen LogP contribution in [-0.4, -0.2) is 29.4 Å². The van der Waals surface area contributed by atoms with Crippen LogP contribution in [0.25, 0.3) is 0 Å². The molecule has 1 aromatic rings. The summed E-state index contributed by atoms with van der Waals surface area (Å²) in [5.41, 5.74) is 0.486. The number of nitrogens with one attached hydrogen (secondary N) is 2. The van der Waals surface area contributed by atoms with E-state index in [-0.39, 0.29) is 5.91 Å². The molecule has 6 nitrogen and oxygen atoms in total. The molecule has 1 aromatic carbocycles. The van der Waals surface area contributed by atoms with Crippen molar-refractivity contribution in [3.63, 3.8) is 0 Å². The quantitative estimate of drug-likeness (QED) is 0.701. The van der Waals surface area contributed by atoms with Crippen molar-refractivity contribution in [1.29, 1.82) is 0 Å². The minimum absolute atomic E-state index is 0.163. The van der Waals surface area contributed by atoms with Crippen molar-refractivity contribution in [3.05, 3.63) is 29.3 Å². The summed E-state index contributed by atoms with van der Waals surface area (Å²) >= 11 is 0. The van der Waals surface area contributed by atoms with E-state index < -0.39 is 17.3 Å². The van der Waals surface area contributed by atoms with E-state index in [1.165, 1.54) is 0 Å². The monoisotopic (exact) mass is 318 g/mol. The molecule has 0 unspecified atom stereocenters. The first-order valence-corrected chi connectivity index (χ1v) is 7.70. The van der Waals surface area contributed by atoms with Gasteiger partial charge in [-0.1, -0.05) is 13.8 Å². The second-order valence-electron chi connectivity index (χ2n) is 6.47. The molecule has 0 atom stereocenters. The number of rotatable bonds is 6. The van der Waals surface area contributed by atoms with Gasteiger partial charge in [-0.05, 0) is 49.4 Å². The molecule has 0 aromatic heterocycles. The lowest BCUT2D eigenvalue weighted by Crippen LogP contribution is -2.31. The standard InChI is InChI=1S/C17H22N2O4/c1-10(2)9-18-14(20)12-4-5-13(11(3)8-12)19-15(21)17(6-7-17)16(22)23/h4-5,8,10H,6-7,9H2,1-3H3,(H,18,20)(H,19,21)(H,22,23). The van der Waals surface area contributed by atoms with Crippen LogP contribution in [0.1, 0.15) is 42.6 Å². The molecule has 1 aliphatic carbocycles. The average Bonchev–Trinajstić information content (AvgIpc) is 3.28. The maximum absolute atomic E-state index is 12.1. The van der Waals surface area contributed by atoms with Gasteiger partial charge in [0.1, 0.15) is 5.41 Å². The highest BCUT2D eigenvalue weighted by atomic mass is 16.4. The number of hydrogen-bond donors (Lipinski definition) is 3. The fraction of sp³-hybridized carbons (Fsp3) is 0.471. The summed E-state index contributed by atoms with van der Waals surface area (Å²) in [6, 6.07) is 4.94. The Kier molecular flexibility index (Phi) is 4.73. The van der Waals surface area contributed by atoms with Gasteiger partial charge in [0.05, 0.1) is 0 Å². The summed E-state index contributed by atoms with van der Waals surface area (Å²) in [6.07, 6.45) is 0.728. The van der Waals surface area contributed by atoms with Gasteiger partial charge in [-0.15, -0.1) is 0 Å². The highest BCUT2D eigenvalue weighted by Gasteiger charge is 2.57. The lowest BCUT2D eigenvalue weighted by molar-refractivity contribution is -0.147. The van der Waals surface area contributed by atoms with Crippen molar-refractivity contribution >= 4 is 23.5 Å². The van der Waals surface area contributed by atoms with Crippen LogP contribution in [0.5, 0.6) is 0 Å². The topological polar surface area (TPSA) is 95.5 Å². The molecule has 0 spiro atoms. The van der Waals surface area contributed by atoms with Crippen LogP contribution in [0, 0.1) is 18.3 Å². The van der Waals surface area contributed by atoms with Crippen LogP contribution in [0.4, 0.5) is 5.69 Å². The fourth-order valence-corrected chi connectivity index (χ4v) is 2.25. The van der Waals surface area contributed by atoms with Crippen LogP contribution in [0.2, 0.25) is 0 Å². The Morgan fingerprint density at radius 2 is 1.91 bits per heavy atom. The average molecular weight is 318 g/mol. The summed E-state index contributed by atoms with van der Waals surface area (Å²) in [7, 11) is 0. The van der Waals surface area contributed by atoms with Gasteiger partial charge in [0.25, 0.3) is 5.91 Å². The molecule has 0 heterocycles. The number of amides is 2. The van der Waals surface area contributed by atoms with Crippen molar-refractivity contribution in [2.24, 2.45) is 11.3 Å². The number of carbonyl (C=O) groups is 3. The maximum Gasteiger partial charge on any atom is 0.319 e. The number of hydrogen-bond acceptors (Lipinski definition) is 3. The molecule has 3 N–H and O–H groups in total. The molecule has 1 saturated carbocycles. The highest BCUT2D eigenvalue weighted by molar-refractivity contribution is 6.11. The molecular weight excluding hydrogens is 296 g/mol. The molecule has 2 rings (SSSR count). The van der Waals surface area contributed by atoms with Gasteiger partial charge in [-0.3, -0.25) is 14.4 Å². The Morgan fingerprint density at radius 3 is 2.39 bits per heavy atom. The Bertz CT molecular complexity index is 648. The molecule has 23 heavy (non-hydrogen) atoms. The Balaban J connectivity index is 2.06. The third-order valence-electron chi connectivity index (χ3n) is 4.00. The normalized spacial score (nSPS) is 15.1. The smallest absolute Gasteiger partial charge is 0.319 e. The SMILES string of the molecule is Cc1cc(C(=O)NCC(C)C)ccc1NC(=O)C1(C(=O)O)CC1. The predicted octanol–water partition coefficient (Wildman–Crippen LogP) is 2.18. The van der Waals surface area contributed by atoms with Gasteiger partial charge in [0.2, 0.25) is 5.91 Å².